The van der Waals surface area contributed by atoms with Crippen molar-refractivity contribution in [1.29, 1.82) is 0 Å². The molecule has 1 N–H and O–H groups in total. The Kier molecular flexibility index (Phi) is 6.86. The highest BCUT2D eigenvalue weighted by Crippen LogP contribution is 2.45. The summed E-state index contributed by atoms with van der Waals surface area (Å²) in [5.74, 6) is -2.18. The molecule has 32 heavy (non-hydrogen) atoms. The molecule has 2 aromatic rings. The molecule has 1 amide bonds. The van der Waals surface area contributed by atoms with Crippen molar-refractivity contribution in [1.82, 2.24) is 4.90 Å². The number of hydrogen-bond donors (Lipinski definition) is 1. The topological polar surface area (TPSA) is 74.7 Å². The van der Waals surface area contributed by atoms with Gasteiger partial charge in [-0.25, -0.2) is 22.0 Å². The number of piperidine rings is 1. The Hall–Kier alpha value is -2.19. The highest BCUT2D eigenvalue weighted by Gasteiger charge is 2.45. The summed E-state index contributed by atoms with van der Waals surface area (Å²) in [6.45, 7) is 5.73. The average molecular weight is 486 g/mol. The van der Waals surface area contributed by atoms with Gasteiger partial charge in [-0.15, -0.1) is 0 Å². The van der Waals surface area contributed by atoms with E-state index in [1.165, 1.54) is 29.2 Å². The van der Waals surface area contributed by atoms with Crippen LogP contribution in [0, 0.1) is 23.0 Å². The van der Waals surface area contributed by atoms with Crippen LogP contribution in [-0.2, 0) is 9.84 Å². The van der Waals surface area contributed by atoms with Crippen LogP contribution in [0.4, 0.5) is 13.6 Å². The van der Waals surface area contributed by atoms with Crippen LogP contribution in [0.1, 0.15) is 44.4 Å². The number of amides is 1. The minimum Gasteiger partial charge on any atom is -0.465 e. The van der Waals surface area contributed by atoms with E-state index in [9.17, 15) is 27.1 Å². The maximum absolute atomic E-state index is 14.9. The predicted molar refractivity (Wildman–Crippen MR) is 118 cm³/mol. The molecule has 5 nitrogen and oxygen atoms in total. The monoisotopic (exact) mass is 485 g/mol. The third-order valence-corrected chi connectivity index (χ3v) is 8.55. The van der Waals surface area contributed by atoms with E-state index in [1.807, 2.05) is 20.8 Å². The molecule has 3 atom stereocenters. The molecule has 1 aliphatic heterocycles. The first-order chi connectivity index (χ1) is 14.8. The smallest absolute Gasteiger partial charge is 0.407 e. The number of hydrogen-bond acceptors (Lipinski definition) is 3. The summed E-state index contributed by atoms with van der Waals surface area (Å²) >= 11 is 5.90. The van der Waals surface area contributed by atoms with Gasteiger partial charge >= 0.3 is 6.09 Å². The summed E-state index contributed by atoms with van der Waals surface area (Å²) < 4.78 is 56.4. The minimum absolute atomic E-state index is 0.0523. The third kappa shape index (κ3) is 4.91. The lowest BCUT2D eigenvalue weighted by molar-refractivity contribution is 0.0395. The molecule has 0 saturated carbocycles. The maximum atomic E-state index is 14.9. The van der Waals surface area contributed by atoms with Crippen molar-refractivity contribution in [2.75, 3.05) is 6.54 Å². The maximum Gasteiger partial charge on any atom is 0.407 e. The van der Waals surface area contributed by atoms with Crippen LogP contribution >= 0.6 is 11.6 Å². The highest BCUT2D eigenvalue weighted by atomic mass is 35.5. The summed E-state index contributed by atoms with van der Waals surface area (Å²) in [5.41, 5.74) is -0.729. The van der Waals surface area contributed by atoms with E-state index in [-0.39, 0.29) is 29.8 Å². The van der Waals surface area contributed by atoms with Gasteiger partial charge in [0.25, 0.3) is 0 Å². The van der Waals surface area contributed by atoms with Crippen LogP contribution in [0.25, 0.3) is 0 Å². The van der Waals surface area contributed by atoms with Crippen molar-refractivity contribution >= 4 is 27.5 Å². The molecule has 174 valence electrons. The first-order valence-electron chi connectivity index (χ1n) is 10.3. The van der Waals surface area contributed by atoms with E-state index in [0.717, 1.165) is 18.2 Å². The molecule has 3 unspecified atom stereocenters. The molecule has 1 fully saturated rings. The van der Waals surface area contributed by atoms with Gasteiger partial charge in [0.1, 0.15) is 11.6 Å². The van der Waals surface area contributed by atoms with Gasteiger partial charge in [-0.05, 0) is 66.6 Å². The van der Waals surface area contributed by atoms with E-state index in [0.29, 0.717) is 5.02 Å². The summed E-state index contributed by atoms with van der Waals surface area (Å²) in [5, 5.41) is 8.62. The Morgan fingerprint density at radius 1 is 1.16 bits per heavy atom. The number of carboxylic acid groups (broad SMARTS) is 1. The van der Waals surface area contributed by atoms with Crippen molar-refractivity contribution in [3.05, 3.63) is 64.7 Å². The molecule has 0 bridgehead atoms. The van der Waals surface area contributed by atoms with Gasteiger partial charge in [0.05, 0.1) is 10.1 Å². The van der Waals surface area contributed by atoms with Crippen molar-refractivity contribution in [3.8, 4) is 0 Å². The molecule has 0 aromatic heterocycles. The number of likely N-dealkylation sites (tertiary alicyclic amines) is 1. The van der Waals surface area contributed by atoms with E-state index < -0.39 is 50.2 Å². The van der Waals surface area contributed by atoms with Gasteiger partial charge in [-0.3, -0.25) is 0 Å². The number of rotatable bonds is 4. The first-order valence-corrected chi connectivity index (χ1v) is 12.2. The Balaban J connectivity index is 2.14. The molecule has 0 aliphatic carbocycles. The molecule has 2 aromatic carbocycles. The van der Waals surface area contributed by atoms with Gasteiger partial charge in [-0.1, -0.05) is 32.4 Å². The van der Waals surface area contributed by atoms with Gasteiger partial charge in [0, 0.05) is 23.2 Å². The summed E-state index contributed by atoms with van der Waals surface area (Å²) in [6.07, 6.45) is -0.687. The van der Waals surface area contributed by atoms with Gasteiger partial charge in [0.15, 0.2) is 9.84 Å². The number of carbonyl (C=O) groups is 1. The zero-order valence-electron chi connectivity index (χ0n) is 18.1. The zero-order chi connectivity index (χ0) is 23.8. The fraction of sp³-hybridized carbons (Fsp3) is 0.435. The Bertz CT molecular complexity index is 1100. The van der Waals surface area contributed by atoms with E-state index >= 15 is 0 Å². The van der Waals surface area contributed by atoms with E-state index in [2.05, 4.69) is 0 Å². The Labute approximate surface area is 191 Å². The number of sulfone groups is 1. The molecular weight excluding hydrogens is 460 g/mol. The van der Waals surface area contributed by atoms with Crippen LogP contribution in [-0.4, -0.2) is 37.1 Å². The second-order valence-corrected chi connectivity index (χ2v) is 11.7. The summed E-state index contributed by atoms with van der Waals surface area (Å²) in [6, 6.07) is 7.84. The second-order valence-electron chi connectivity index (χ2n) is 9.23. The van der Waals surface area contributed by atoms with Crippen LogP contribution in [0.3, 0.4) is 0 Å². The van der Waals surface area contributed by atoms with Gasteiger partial charge in [0.2, 0.25) is 0 Å². The first kappa shape index (κ1) is 24.5. The van der Waals surface area contributed by atoms with Gasteiger partial charge < -0.3 is 10.0 Å². The largest absolute Gasteiger partial charge is 0.465 e. The predicted octanol–water partition coefficient (Wildman–Crippen LogP) is 5.94. The van der Waals surface area contributed by atoms with Crippen LogP contribution in [0.15, 0.2) is 47.4 Å². The minimum atomic E-state index is -4.15. The van der Waals surface area contributed by atoms with Crippen LogP contribution in [0.5, 0.6) is 0 Å². The Morgan fingerprint density at radius 3 is 2.34 bits per heavy atom. The summed E-state index contributed by atoms with van der Waals surface area (Å²) in [7, 11) is -4.15. The molecule has 1 aliphatic rings. The molecule has 1 saturated heterocycles. The quantitative estimate of drug-likeness (QED) is 0.581. The lowest BCUT2D eigenvalue weighted by atomic mass is 9.75. The SMILES string of the molecule is CC(C)(C)C1CC(C(c2cc(F)ccc2F)S(=O)(=O)c2ccc(Cl)cc2)CCN1C(=O)O. The van der Waals surface area contributed by atoms with Crippen molar-refractivity contribution in [2.45, 2.75) is 49.8 Å². The normalized spacial score (nSPS) is 20.8. The standard InChI is InChI=1S/C23H26ClF2NO4S/c1-23(2,3)20-12-14(10-11-27(20)22(28)29)21(18-13-16(25)6-9-19(18)26)32(30,31)17-7-4-15(24)5-8-17/h4-9,13-14,20-21H,10-12H2,1-3H3,(H,28,29). The number of benzene rings is 2. The summed E-state index contributed by atoms with van der Waals surface area (Å²) in [4.78, 5) is 13.1. The van der Waals surface area contributed by atoms with Crippen LogP contribution < -0.4 is 0 Å². The van der Waals surface area contributed by atoms with Crippen molar-refractivity contribution in [3.63, 3.8) is 0 Å². The third-order valence-electron chi connectivity index (χ3n) is 6.06. The van der Waals surface area contributed by atoms with E-state index in [4.69, 9.17) is 11.6 Å². The number of halogens is 3. The lowest BCUT2D eigenvalue weighted by Gasteiger charge is -2.46. The van der Waals surface area contributed by atoms with E-state index in [1.54, 1.807) is 0 Å². The molecular formula is C23H26ClF2NO4S. The molecule has 1 heterocycles. The highest BCUT2D eigenvalue weighted by molar-refractivity contribution is 7.91. The van der Waals surface area contributed by atoms with Crippen molar-refractivity contribution < 1.29 is 27.1 Å². The molecule has 3 rings (SSSR count). The fourth-order valence-electron chi connectivity index (χ4n) is 4.50. The average Bonchev–Trinajstić information content (AvgIpc) is 2.70. The van der Waals surface area contributed by atoms with Crippen molar-refractivity contribution in [2.24, 2.45) is 11.3 Å². The molecule has 9 heteroatoms. The lowest BCUT2D eigenvalue weighted by Crippen LogP contribution is -2.52. The van der Waals surface area contributed by atoms with Crippen LogP contribution in [0.2, 0.25) is 5.02 Å². The molecule has 0 spiro atoms. The number of nitrogens with zero attached hydrogens (tertiary/aromatic N) is 1. The zero-order valence-corrected chi connectivity index (χ0v) is 19.6. The fourth-order valence-corrected chi connectivity index (χ4v) is 6.70. The molecule has 0 radical (unpaired) electrons. The Morgan fingerprint density at radius 2 is 1.78 bits per heavy atom. The second kappa shape index (κ2) is 8.98. The van der Waals surface area contributed by atoms with Gasteiger partial charge in [-0.2, -0.15) is 0 Å².